The molecule has 10 heteroatoms. The van der Waals surface area contributed by atoms with Crippen LogP contribution in [0.25, 0.3) is 0 Å². The van der Waals surface area contributed by atoms with E-state index in [0.717, 1.165) is 49.4 Å². The molecular weight excluding hydrogens is 622 g/mol. The molecule has 8 nitrogen and oxygen atoms in total. The Hall–Kier alpha value is -3.04. The molecule has 2 heterocycles. The lowest BCUT2D eigenvalue weighted by Crippen LogP contribution is -2.52. The van der Waals surface area contributed by atoms with Crippen molar-refractivity contribution in [3.8, 4) is 5.75 Å². The van der Waals surface area contributed by atoms with E-state index < -0.39 is 21.2 Å². The van der Waals surface area contributed by atoms with Gasteiger partial charge < -0.3 is 15.0 Å². The van der Waals surface area contributed by atoms with Crippen molar-refractivity contribution < 1.29 is 22.7 Å². The molecule has 2 bridgehead atoms. The minimum absolute atomic E-state index is 0.0148. The molecule has 248 valence electrons. The normalized spacial score (nSPS) is 29.8. The Morgan fingerprint density at radius 1 is 1.17 bits per heavy atom. The fourth-order valence-electron chi connectivity index (χ4n) is 7.84. The van der Waals surface area contributed by atoms with Crippen molar-refractivity contribution in [3.63, 3.8) is 0 Å². The van der Waals surface area contributed by atoms with Crippen molar-refractivity contribution in [2.75, 3.05) is 24.6 Å². The van der Waals surface area contributed by atoms with Crippen LogP contribution >= 0.6 is 11.6 Å². The molecule has 0 saturated heterocycles. The fraction of sp³-hybridized carbons (Fsp3) is 0.556. The summed E-state index contributed by atoms with van der Waals surface area (Å²) in [6.45, 7) is 7.54. The van der Waals surface area contributed by atoms with E-state index in [1.165, 1.54) is 11.1 Å². The number of ether oxygens (including phenoxy) is 1. The summed E-state index contributed by atoms with van der Waals surface area (Å²) in [5.41, 5.74) is 3.32. The highest BCUT2D eigenvalue weighted by Gasteiger charge is 2.44. The van der Waals surface area contributed by atoms with Crippen LogP contribution in [-0.2, 0) is 26.7 Å². The Bertz CT molecular complexity index is 1630. The maximum absolute atomic E-state index is 13.5. The zero-order valence-electron chi connectivity index (χ0n) is 27.1. The molecule has 2 N–H and O–H groups in total. The first kappa shape index (κ1) is 32.9. The van der Waals surface area contributed by atoms with Crippen molar-refractivity contribution in [2.24, 2.45) is 17.8 Å². The standard InChI is InChI=1S/C36H46ClN3O5S/c1-4-28-9-5-6-10-31(38-34(41)23(2)3)29-14-11-26(29)20-40-21-36(17-7-8-24-18-27(37)13-15-30(24)36)22-45-33-16-12-25(19-32(33)40)35(42)39-46(28,43)44/h6,10,12-13,15-16,18-19,23,26,28-29,31H,4-5,7-9,11,14,17,20-22H2,1-3H3,(H,38,41)(H,39,42)/b10-6-/t26-,28+,29+,31+,36-/m0/s1. The molecular formula is C36H46ClN3O5S. The Morgan fingerprint density at radius 3 is 2.74 bits per heavy atom. The minimum atomic E-state index is -3.91. The number of carbonyl (C=O) groups excluding carboxylic acids is 2. The number of carbonyl (C=O) groups is 2. The summed E-state index contributed by atoms with van der Waals surface area (Å²) in [5.74, 6) is 0.487. The number of anilines is 1. The van der Waals surface area contributed by atoms with Crippen molar-refractivity contribution in [2.45, 2.75) is 88.8 Å². The Labute approximate surface area is 278 Å². The van der Waals surface area contributed by atoms with Gasteiger partial charge in [0.2, 0.25) is 15.9 Å². The molecule has 0 aromatic heterocycles. The van der Waals surface area contributed by atoms with Crippen LogP contribution in [-0.4, -0.2) is 51.2 Å². The van der Waals surface area contributed by atoms with Gasteiger partial charge in [0.05, 0.1) is 23.6 Å². The van der Waals surface area contributed by atoms with Gasteiger partial charge in [-0.15, -0.1) is 0 Å². The average Bonchev–Trinajstić information content (AvgIpc) is 3.15. The van der Waals surface area contributed by atoms with Gasteiger partial charge in [0, 0.05) is 35.0 Å². The van der Waals surface area contributed by atoms with Gasteiger partial charge in [0.15, 0.2) is 0 Å². The molecule has 2 aliphatic heterocycles. The summed E-state index contributed by atoms with van der Waals surface area (Å²) in [7, 11) is -3.91. The number of halogens is 1. The number of nitrogens with zero attached hydrogens (tertiary/aromatic N) is 1. The SMILES string of the molecule is CC[C@@H]1CC/C=C\[C@@H](NC(=O)C(C)C)[C@@H]2CC[C@H]2CN2C[C@@]3(CCCc4cc(Cl)ccc43)COc3ccc(cc32)C(=O)NS1(=O)=O. The highest BCUT2D eigenvalue weighted by Crippen LogP contribution is 2.46. The molecule has 0 unspecified atom stereocenters. The topological polar surface area (TPSA) is 105 Å². The van der Waals surface area contributed by atoms with Crippen LogP contribution in [0.4, 0.5) is 5.69 Å². The molecule has 2 aliphatic carbocycles. The van der Waals surface area contributed by atoms with Crippen molar-refractivity contribution in [3.05, 3.63) is 70.3 Å². The van der Waals surface area contributed by atoms with Gasteiger partial charge in [-0.2, -0.15) is 0 Å². The largest absolute Gasteiger partial charge is 0.490 e. The third kappa shape index (κ3) is 6.55. The van der Waals surface area contributed by atoms with Crippen molar-refractivity contribution in [1.29, 1.82) is 0 Å². The summed E-state index contributed by atoms with van der Waals surface area (Å²) in [5, 5.41) is 3.31. The van der Waals surface area contributed by atoms with Crippen LogP contribution in [0.3, 0.4) is 0 Å². The van der Waals surface area contributed by atoms with E-state index in [9.17, 15) is 18.0 Å². The molecule has 2 aromatic carbocycles. The Kier molecular flexibility index (Phi) is 9.45. The molecule has 2 amide bonds. The molecule has 0 radical (unpaired) electrons. The summed E-state index contributed by atoms with van der Waals surface area (Å²) >= 11 is 6.43. The second kappa shape index (κ2) is 13.2. The predicted molar refractivity (Wildman–Crippen MR) is 182 cm³/mol. The van der Waals surface area contributed by atoms with E-state index in [4.69, 9.17) is 16.3 Å². The molecule has 4 aliphatic rings. The van der Waals surface area contributed by atoms with Crippen LogP contribution in [0.1, 0.15) is 87.2 Å². The number of benzene rings is 2. The first-order chi connectivity index (χ1) is 22.0. The highest BCUT2D eigenvalue weighted by atomic mass is 35.5. The van der Waals surface area contributed by atoms with Gasteiger partial charge in [0.1, 0.15) is 5.75 Å². The molecule has 1 spiro atoms. The summed E-state index contributed by atoms with van der Waals surface area (Å²) < 4.78 is 35.7. The maximum atomic E-state index is 13.5. The zero-order chi connectivity index (χ0) is 32.6. The highest BCUT2D eigenvalue weighted by molar-refractivity contribution is 7.90. The van der Waals surface area contributed by atoms with E-state index in [1.807, 2.05) is 39.0 Å². The van der Waals surface area contributed by atoms with Gasteiger partial charge in [-0.25, -0.2) is 13.1 Å². The van der Waals surface area contributed by atoms with E-state index in [0.29, 0.717) is 44.1 Å². The smallest absolute Gasteiger partial charge is 0.264 e. The van der Waals surface area contributed by atoms with E-state index >= 15 is 0 Å². The number of aryl methyl sites for hydroxylation is 1. The van der Waals surface area contributed by atoms with Crippen LogP contribution in [0.2, 0.25) is 5.02 Å². The van der Waals surface area contributed by atoms with Crippen LogP contribution in [0, 0.1) is 17.8 Å². The number of amides is 2. The minimum Gasteiger partial charge on any atom is -0.490 e. The Morgan fingerprint density at radius 2 is 2.00 bits per heavy atom. The zero-order valence-corrected chi connectivity index (χ0v) is 28.6. The fourth-order valence-corrected chi connectivity index (χ4v) is 9.46. The van der Waals surface area contributed by atoms with Gasteiger partial charge in [-0.05, 0) is 105 Å². The number of sulfonamides is 1. The van der Waals surface area contributed by atoms with Crippen LogP contribution in [0.15, 0.2) is 48.6 Å². The number of allylic oxidation sites excluding steroid dienone is 1. The van der Waals surface area contributed by atoms with Crippen molar-refractivity contribution >= 4 is 39.1 Å². The number of hydrogen-bond donors (Lipinski definition) is 2. The van der Waals surface area contributed by atoms with E-state index in [-0.39, 0.29) is 34.8 Å². The predicted octanol–water partition coefficient (Wildman–Crippen LogP) is 6.17. The first-order valence-electron chi connectivity index (χ1n) is 16.8. The summed E-state index contributed by atoms with van der Waals surface area (Å²) in [6.07, 6.45) is 10.4. The second-order valence-electron chi connectivity index (χ2n) is 14.0. The monoisotopic (exact) mass is 667 g/mol. The van der Waals surface area contributed by atoms with E-state index in [1.54, 1.807) is 12.1 Å². The number of fused-ring (bicyclic) bond motifs is 4. The number of nitrogens with one attached hydrogen (secondary N) is 2. The molecule has 2 aromatic rings. The summed E-state index contributed by atoms with van der Waals surface area (Å²) in [4.78, 5) is 28.8. The summed E-state index contributed by atoms with van der Waals surface area (Å²) in [6, 6.07) is 11.3. The second-order valence-corrected chi connectivity index (χ2v) is 16.4. The molecule has 46 heavy (non-hydrogen) atoms. The lowest BCUT2D eigenvalue weighted by molar-refractivity contribution is -0.125. The number of hydrogen-bond acceptors (Lipinski definition) is 6. The lowest BCUT2D eigenvalue weighted by Gasteiger charge is -2.46. The molecule has 6 rings (SSSR count). The van der Waals surface area contributed by atoms with Gasteiger partial charge in [0.25, 0.3) is 5.91 Å². The van der Waals surface area contributed by atoms with Gasteiger partial charge in [-0.3, -0.25) is 9.59 Å². The maximum Gasteiger partial charge on any atom is 0.264 e. The van der Waals surface area contributed by atoms with Gasteiger partial charge in [-0.1, -0.05) is 50.6 Å². The van der Waals surface area contributed by atoms with Crippen LogP contribution in [0.5, 0.6) is 5.75 Å². The molecule has 5 atom stereocenters. The third-order valence-corrected chi connectivity index (χ3v) is 12.8. The number of rotatable bonds is 3. The third-order valence-electron chi connectivity index (χ3n) is 10.7. The Balaban J connectivity index is 1.42. The van der Waals surface area contributed by atoms with E-state index in [2.05, 4.69) is 33.1 Å². The lowest BCUT2D eigenvalue weighted by atomic mass is 9.68. The van der Waals surface area contributed by atoms with Crippen LogP contribution < -0.4 is 19.7 Å². The quantitative estimate of drug-likeness (QED) is 0.380. The average molecular weight is 668 g/mol. The molecule has 1 saturated carbocycles. The molecule has 1 fully saturated rings. The van der Waals surface area contributed by atoms with Gasteiger partial charge >= 0.3 is 0 Å². The first-order valence-corrected chi connectivity index (χ1v) is 18.8. The van der Waals surface area contributed by atoms with Crippen molar-refractivity contribution in [1.82, 2.24) is 10.0 Å².